The van der Waals surface area contributed by atoms with Crippen molar-refractivity contribution in [2.24, 2.45) is 10.6 Å². The van der Waals surface area contributed by atoms with Gasteiger partial charge in [-0.05, 0) is 32.8 Å². The molecule has 1 aromatic rings. The summed E-state index contributed by atoms with van der Waals surface area (Å²) in [6, 6.07) is -0.939. The number of aromatic nitrogens is 1. The number of hydrogen-bond acceptors (Lipinski definition) is 13. The molecular weight excluding hydrogens is 538 g/mol. The number of carbonyl (C=O) groups is 4. The fraction of sp³-hybridized carbons (Fsp3) is 0.565. The summed E-state index contributed by atoms with van der Waals surface area (Å²) in [5.41, 5.74) is 5.57. The molecule has 0 spiro atoms. The van der Waals surface area contributed by atoms with Gasteiger partial charge in [0.25, 0.3) is 11.8 Å². The fourth-order valence-corrected chi connectivity index (χ4v) is 5.27. The average molecular weight is 570 g/mol. The highest BCUT2D eigenvalue weighted by atomic mass is 32.2. The van der Waals surface area contributed by atoms with E-state index in [0.717, 1.165) is 11.3 Å². The largest absolute Gasteiger partial charge is 0.427 e. The molecule has 13 nitrogen and oxygen atoms in total. The Kier molecular flexibility index (Phi) is 9.73. The molecule has 0 radical (unpaired) electrons. The van der Waals surface area contributed by atoms with Gasteiger partial charge in [-0.25, -0.2) is 9.78 Å². The van der Waals surface area contributed by atoms with Gasteiger partial charge < -0.3 is 30.1 Å². The molecule has 1 saturated heterocycles. The highest BCUT2D eigenvalue weighted by Gasteiger charge is 2.54. The van der Waals surface area contributed by atoms with Crippen LogP contribution in [0.3, 0.4) is 0 Å². The number of nitrogens with two attached hydrogens (primary N) is 1. The molecule has 0 aliphatic carbocycles. The number of nitrogens with zero attached hydrogens (tertiary/aromatic N) is 3. The molecule has 0 aromatic carbocycles. The molecule has 0 bridgehead atoms. The van der Waals surface area contributed by atoms with Crippen LogP contribution in [0.1, 0.15) is 39.8 Å². The number of oxime groups is 1. The zero-order chi connectivity index (χ0) is 28.0. The van der Waals surface area contributed by atoms with E-state index < -0.39 is 47.4 Å². The van der Waals surface area contributed by atoms with Gasteiger partial charge in [-0.2, -0.15) is 0 Å². The van der Waals surface area contributed by atoms with Gasteiger partial charge >= 0.3 is 11.9 Å². The second-order valence-electron chi connectivity index (χ2n) is 9.32. The topological polar surface area (TPSA) is 172 Å². The first-order valence-corrected chi connectivity index (χ1v) is 13.6. The predicted molar refractivity (Wildman–Crippen MR) is 140 cm³/mol. The van der Waals surface area contributed by atoms with E-state index in [9.17, 15) is 19.2 Å². The maximum absolute atomic E-state index is 13.2. The molecule has 1 unspecified atom stereocenters. The number of carbonyl (C=O) groups excluding carboxylic acids is 4. The number of hydrogen-bond donors (Lipinski definition) is 2. The van der Waals surface area contributed by atoms with Crippen molar-refractivity contribution < 1.29 is 38.2 Å². The SMILES string of the molecule is CCCON=C(C(=O)NC1C(=O)N2C(C(=O)OCOC(=O)C(C)(C)C)=C(COC)CS[C@H]12)c1csc(N)n1. The summed E-state index contributed by atoms with van der Waals surface area (Å²) >= 11 is 2.49. The molecule has 1 aromatic heterocycles. The fourth-order valence-electron chi connectivity index (χ4n) is 3.39. The molecule has 2 atom stereocenters. The van der Waals surface area contributed by atoms with Crippen molar-refractivity contribution in [2.45, 2.75) is 45.5 Å². The van der Waals surface area contributed by atoms with Gasteiger partial charge in [0.15, 0.2) is 10.8 Å². The minimum absolute atomic E-state index is 0.00495. The monoisotopic (exact) mass is 569 g/mol. The van der Waals surface area contributed by atoms with Crippen LogP contribution < -0.4 is 11.1 Å². The highest BCUT2D eigenvalue weighted by Crippen LogP contribution is 2.40. The summed E-state index contributed by atoms with van der Waals surface area (Å²) in [4.78, 5) is 61.7. The van der Waals surface area contributed by atoms with Crippen molar-refractivity contribution >= 4 is 57.7 Å². The standard InChI is InChI=1S/C23H31N5O8S2/c1-6-7-36-27-14(13-10-38-22(24)25-13)17(29)26-15-18(30)28-16(12(8-33-5)9-37-19(15)28)20(31)34-11-35-21(32)23(2,3)4/h10,15,19H,6-9,11H2,1-5H3,(H2,24,25)(H,26,29)/t15?,19-/m1/s1. The first kappa shape index (κ1) is 29.4. The molecule has 3 N–H and O–H groups in total. The lowest BCUT2D eigenvalue weighted by Gasteiger charge is -2.49. The number of ether oxygens (including phenoxy) is 3. The Morgan fingerprint density at radius 3 is 2.63 bits per heavy atom. The van der Waals surface area contributed by atoms with Crippen LogP contribution in [0.25, 0.3) is 0 Å². The van der Waals surface area contributed by atoms with Crippen molar-refractivity contribution in [3.63, 3.8) is 0 Å². The van der Waals surface area contributed by atoms with Gasteiger partial charge in [0.2, 0.25) is 6.79 Å². The lowest BCUT2D eigenvalue weighted by atomic mass is 9.98. The zero-order valence-electron chi connectivity index (χ0n) is 21.8. The van der Waals surface area contributed by atoms with Crippen molar-refractivity contribution in [2.75, 3.05) is 38.6 Å². The van der Waals surface area contributed by atoms with E-state index in [0.29, 0.717) is 17.7 Å². The summed E-state index contributed by atoms with van der Waals surface area (Å²) in [5, 5.41) is 7.80. The Morgan fingerprint density at radius 2 is 2.03 bits per heavy atom. The van der Waals surface area contributed by atoms with E-state index >= 15 is 0 Å². The van der Waals surface area contributed by atoms with Gasteiger partial charge in [0.05, 0.1) is 12.0 Å². The van der Waals surface area contributed by atoms with Crippen LogP contribution in [0.15, 0.2) is 21.8 Å². The molecule has 208 valence electrons. The van der Waals surface area contributed by atoms with Crippen molar-refractivity contribution in [3.8, 4) is 0 Å². The molecule has 1 fully saturated rings. The Balaban J connectivity index is 1.73. The molecule has 38 heavy (non-hydrogen) atoms. The summed E-state index contributed by atoms with van der Waals surface area (Å²) in [6.45, 7) is 6.66. The van der Waals surface area contributed by atoms with Crippen LogP contribution in [-0.2, 0) is 38.2 Å². The van der Waals surface area contributed by atoms with Gasteiger partial charge in [-0.3, -0.25) is 19.3 Å². The number of fused-ring (bicyclic) bond motifs is 1. The van der Waals surface area contributed by atoms with Crippen LogP contribution in [0.2, 0.25) is 0 Å². The third-order valence-electron chi connectivity index (χ3n) is 5.27. The van der Waals surface area contributed by atoms with E-state index in [1.807, 2.05) is 6.92 Å². The average Bonchev–Trinajstić information content (AvgIpc) is 3.29. The smallest absolute Gasteiger partial charge is 0.358 e. The Morgan fingerprint density at radius 1 is 1.29 bits per heavy atom. The Hall–Kier alpha value is -3.17. The summed E-state index contributed by atoms with van der Waals surface area (Å²) in [7, 11) is 1.46. The number of nitrogen functional groups attached to an aromatic ring is 1. The Labute approximate surface area is 228 Å². The van der Waals surface area contributed by atoms with Crippen molar-refractivity contribution in [1.82, 2.24) is 15.2 Å². The summed E-state index contributed by atoms with van der Waals surface area (Å²) in [5.74, 6) is -2.22. The molecule has 0 saturated carbocycles. The minimum atomic E-state index is -0.939. The van der Waals surface area contributed by atoms with Gasteiger partial charge in [-0.15, -0.1) is 23.1 Å². The van der Waals surface area contributed by atoms with E-state index in [-0.39, 0.29) is 35.4 Å². The molecule has 2 aliphatic rings. The van der Waals surface area contributed by atoms with Gasteiger partial charge in [0.1, 0.15) is 29.4 Å². The van der Waals surface area contributed by atoms with Crippen LogP contribution in [0.5, 0.6) is 0 Å². The number of esters is 2. The van der Waals surface area contributed by atoms with Crippen LogP contribution >= 0.6 is 23.1 Å². The number of rotatable bonds is 11. The van der Waals surface area contributed by atoms with E-state index in [4.69, 9.17) is 24.8 Å². The van der Waals surface area contributed by atoms with Crippen LogP contribution in [0, 0.1) is 5.41 Å². The maximum atomic E-state index is 13.2. The Bertz CT molecular complexity index is 1140. The second kappa shape index (κ2) is 12.6. The number of thiazole rings is 1. The summed E-state index contributed by atoms with van der Waals surface area (Å²) < 4.78 is 15.4. The van der Waals surface area contributed by atoms with E-state index in [2.05, 4.69) is 15.5 Å². The normalized spacial score (nSPS) is 19.4. The zero-order valence-corrected chi connectivity index (χ0v) is 23.4. The number of anilines is 1. The van der Waals surface area contributed by atoms with E-state index in [1.54, 1.807) is 26.2 Å². The van der Waals surface area contributed by atoms with Crippen LogP contribution in [0.4, 0.5) is 5.13 Å². The molecule has 2 amide bonds. The van der Waals surface area contributed by atoms with Crippen molar-refractivity contribution in [3.05, 3.63) is 22.3 Å². The lowest BCUT2D eigenvalue weighted by Crippen LogP contribution is -2.71. The molecule has 2 aliphatic heterocycles. The van der Waals surface area contributed by atoms with Crippen molar-refractivity contribution in [1.29, 1.82) is 0 Å². The number of methoxy groups -OCH3 is 1. The quantitative estimate of drug-likeness (QED) is 0.0981. The van der Waals surface area contributed by atoms with Crippen LogP contribution in [-0.4, -0.2) is 83.6 Å². The number of β-lactam (4-membered cyclic amide) rings is 1. The number of nitrogens with one attached hydrogen (secondary N) is 1. The molecule has 3 rings (SSSR count). The minimum Gasteiger partial charge on any atom is -0.427 e. The molecular formula is C23H31N5O8S2. The van der Waals surface area contributed by atoms with Gasteiger partial charge in [-0.1, -0.05) is 12.1 Å². The lowest BCUT2D eigenvalue weighted by molar-refractivity contribution is -0.173. The predicted octanol–water partition coefficient (Wildman–Crippen LogP) is 1.25. The molecule has 15 heteroatoms. The first-order chi connectivity index (χ1) is 18.0. The number of thioether (sulfide) groups is 1. The van der Waals surface area contributed by atoms with E-state index in [1.165, 1.54) is 23.8 Å². The highest BCUT2D eigenvalue weighted by molar-refractivity contribution is 8.00. The number of amides is 2. The molecule has 3 heterocycles. The van der Waals surface area contributed by atoms with Gasteiger partial charge in [0, 0.05) is 18.2 Å². The first-order valence-electron chi connectivity index (χ1n) is 11.7. The third-order valence-corrected chi connectivity index (χ3v) is 7.28. The maximum Gasteiger partial charge on any atom is 0.358 e. The third kappa shape index (κ3) is 6.63. The summed E-state index contributed by atoms with van der Waals surface area (Å²) in [6.07, 6.45) is 0.677. The second-order valence-corrected chi connectivity index (χ2v) is 11.3.